The number of aliphatic imine (C=N–C) groups is 1. The molecule has 1 aromatic rings. The van der Waals surface area contributed by atoms with Gasteiger partial charge in [0.2, 0.25) is 0 Å². The van der Waals surface area contributed by atoms with Crippen molar-refractivity contribution in [2.24, 2.45) is 10.7 Å². The molecule has 17 heavy (non-hydrogen) atoms. The average Bonchev–Trinajstić information content (AvgIpc) is 2.85. The molecule has 1 atom stereocenters. The molecule has 0 radical (unpaired) electrons. The largest absolute Gasteiger partial charge is 0.385 e. The lowest BCUT2D eigenvalue weighted by Crippen LogP contribution is -2.33. The highest BCUT2D eigenvalue weighted by Crippen LogP contribution is 2.31. The molecule has 1 aliphatic heterocycles. The standard InChI is InChI=1S/C12H13N3OS/c1-3-7-15-10(11(13)14-12(15)16)9-6-5-8(4-2)17-9/h1,5-6,10H,4,7H2,2H3,(H2,13,14,16). The van der Waals surface area contributed by atoms with E-state index in [4.69, 9.17) is 12.2 Å². The Balaban J connectivity index is 2.32. The predicted octanol–water partition coefficient (Wildman–Crippen LogP) is 1.78. The molecule has 2 N–H and O–H groups in total. The molecule has 0 aromatic carbocycles. The van der Waals surface area contributed by atoms with Crippen LogP contribution in [0.4, 0.5) is 4.79 Å². The predicted molar refractivity (Wildman–Crippen MR) is 69.0 cm³/mol. The third-order valence-corrected chi connectivity index (χ3v) is 3.91. The van der Waals surface area contributed by atoms with E-state index in [1.807, 2.05) is 12.1 Å². The van der Waals surface area contributed by atoms with Crippen LogP contribution in [0.15, 0.2) is 17.1 Å². The molecule has 0 saturated carbocycles. The Hall–Kier alpha value is -1.80. The zero-order valence-corrected chi connectivity index (χ0v) is 10.3. The van der Waals surface area contributed by atoms with E-state index < -0.39 is 0 Å². The number of carbonyl (C=O) groups is 1. The van der Waals surface area contributed by atoms with Crippen LogP contribution in [-0.4, -0.2) is 23.3 Å². The monoisotopic (exact) mass is 247 g/mol. The number of aryl methyl sites for hydroxylation is 1. The summed E-state index contributed by atoms with van der Waals surface area (Å²) in [5.41, 5.74) is 5.80. The summed E-state index contributed by atoms with van der Waals surface area (Å²) in [4.78, 5) is 19.2. The zero-order valence-electron chi connectivity index (χ0n) is 9.51. The van der Waals surface area contributed by atoms with Crippen LogP contribution in [0.1, 0.15) is 22.7 Å². The average molecular weight is 247 g/mol. The highest BCUT2D eigenvalue weighted by molar-refractivity contribution is 7.12. The summed E-state index contributed by atoms with van der Waals surface area (Å²) in [7, 11) is 0. The molecule has 2 amide bonds. The van der Waals surface area contributed by atoms with Crippen LogP contribution in [0.3, 0.4) is 0 Å². The van der Waals surface area contributed by atoms with Crippen molar-refractivity contribution in [3.05, 3.63) is 21.9 Å². The number of carbonyl (C=O) groups excluding carboxylic acids is 1. The van der Waals surface area contributed by atoms with Gasteiger partial charge in [-0.2, -0.15) is 4.99 Å². The van der Waals surface area contributed by atoms with Gasteiger partial charge >= 0.3 is 6.03 Å². The van der Waals surface area contributed by atoms with Gasteiger partial charge in [-0.1, -0.05) is 12.8 Å². The quantitative estimate of drug-likeness (QED) is 0.828. The van der Waals surface area contributed by atoms with Gasteiger partial charge < -0.3 is 5.73 Å². The Bertz CT molecular complexity index is 512. The van der Waals surface area contributed by atoms with Crippen molar-refractivity contribution in [2.45, 2.75) is 19.4 Å². The van der Waals surface area contributed by atoms with Crippen LogP contribution in [0.2, 0.25) is 0 Å². The normalized spacial score (nSPS) is 19.3. The zero-order chi connectivity index (χ0) is 12.4. The first-order valence-corrected chi connectivity index (χ1v) is 6.15. The lowest BCUT2D eigenvalue weighted by Gasteiger charge is -2.20. The molecule has 0 aliphatic carbocycles. The lowest BCUT2D eigenvalue weighted by atomic mass is 10.2. The van der Waals surface area contributed by atoms with E-state index in [1.165, 1.54) is 9.78 Å². The minimum absolute atomic E-state index is 0.229. The van der Waals surface area contributed by atoms with Crippen LogP contribution in [0.5, 0.6) is 0 Å². The van der Waals surface area contributed by atoms with Crippen molar-refractivity contribution in [3.8, 4) is 12.3 Å². The number of hydrogen-bond donors (Lipinski definition) is 1. The molecule has 1 aromatic heterocycles. The number of nitrogens with zero attached hydrogens (tertiary/aromatic N) is 2. The van der Waals surface area contributed by atoms with Crippen LogP contribution < -0.4 is 5.73 Å². The van der Waals surface area contributed by atoms with Crippen molar-refractivity contribution in [1.29, 1.82) is 0 Å². The van der Waals surface area contributed by atoms with Crippen LogP contribution >= 0.6 is 11.3 Å². The second kappa shape index (κ2) is 4.60. The molecular formula is C12H13N3OS. The topological polar surface area (TPSA) is 58.7 Å². The summed E-state index contributed by atoms with van der Waals surface area (Å²) in [5.74, 6) is 2.79. The molecule has 2 rings (SSSR count). The SMILES string of the molecule is C#CCN1C(=O)N=C(N)C1c1ccc(CC)s1. The van der Waals surface area contributed by atoms with Crippen molar-refractivity contribution < 1.29 is 4.79 Å². The van der Waals surface area contributed by atoms with Gasteiger partial charge in [0, 0.05) is 9.75 Å². The Morgan fingerprint density at radius 2 is 2.41 bits per heavy atom. The number of thiophene rings is 1. The summed E-state index contributed by atoms with van der Waals surface area (Å²) in [6.07, 6.45) is 6.23. The number of nitrogens with two attached hydrogens (primary N) is 1. The van der Waals surface area contributed by atoms with Gasteiger partial charge in [-0.25, -0.2) is 4.79 Å². The first kappa shape index (κ1) is 11.7. The fraction of sp³-hybridized carbons (Fsp3) is 0.333. The number of amidine groups is 1. The highest BCUT2D eigenvalue weighted by atomic mass is 32.1. The van der Waals surface area contributed by atoms with Gasteiger partial charge in [-0.05, 0) is 18.6 Å². The molecule has 1 unspecified atom stereocenters. The molecule has 2 heterocycles. The maximum atomic E-state index is 11.6. The Morgan fingerprint density at radius 1 is 1.65 bits per heavy atom. The van der Waals surface area contributed by atoms with E-state index in [0.29, 0.717) is 5.84 Å². The third kappa shape index (κ3) is 2.04. The first-order chi connectivity index (χ1) is 8.17. The number of urea groups is 1. The summed E-state index contributed by atoms with van der Waals surface area (Å²) < 4.78 is 0. The first-order valence-electron chi connectivity index (χ1n) is 5.34. The highest BCUT2D eigenvalue weighted by Gasteiger charge is 2.34. The van der Waals surface area contributed by atoms with Gasteiger partial charge in [-0.15, -0.1) is 17.8 Å². The maximum Gasteiger partial charge on any atom is 0.347 e. The van der Waals surface area contributed by atoms with E-state index in [2.05, 4.69) is 17.8 Å². The number of terminal acetylenes is 1. The van der Waals surface area contributed by atoms with E-state index in [0.717, 1.165) is 11.3 Å². The van der Waals surface area contributed by atoms with Gasteiger partial charge in [0.15, 0.2) is 0 Å². The summed E-state index contributed by atoms with van der Waals surface area (Å²) in [5, 5.41) is 0. The lowest BCUT2D eigenvalue weighted by molar-refractivity contribution is 0.214. The molecule has 4 nitrogen and oxygen atoms in total. The molecule has 0 bridgehead atoms. The minimum Gasteiger partial charge on any atom is -0.385 e. The summed E-state index contributed by atoms with van der Waals surface area (Å²) >= 11 is 1.64. The summed E-state index contributed by atoms with van der Waals surface area (Å²) in [6, 6.07) is 3.39. The maximum absolute atomic E-state index is 11.6. The van der Waals surface area contributed by atoms with Crippen LogP contribution in [0.25, 0.3) is 0 Å². The molecular weight excluding hydrogens is 234 g/mol. The fourth-order valence-electron chi connectivity index (χ4n) is 1.79. The number of rotatable bonds is 3. The van der Waals surface area contributed by atoms with Gasteiger partial charge in [-0.3, -0.25) is 4.90 Å². The minimum atomic E-state index is -0.350. The second-order valence-electron chi connectivity index (χ2n) is 3.71. The van der Waals surface area contributed by atoms with E-state index in [1.54, 1.807) is 11.3 Å². The smallest absolute Gasteiger partial charge is 0.347 e. The molecule has 0 fully saturated rings. The number of amides is 2. The van der Waals surface area contributed by atoms with Gasteiger partial charge in [0.05, 0.1) is 6.54 Å². The Kier molecular flexibility index (Phi) is 3.16. The van der Waals surface area contributed by atoms with Crippen LogP contribution in [-0.2, 0) is 6.42 Å². The Morgan fingerprint density at radius 3 is 3.00 bits per heavy atom. The molecule has 1 aliphatic rings. The number of hydrogen-bond acceptors (Lipinski definition) is 3. The van der Waals surface area contributed by atoms with Crippen molar-refractivity contribution in [2.75, 3.05) is 6.54 Å². The molecule has 0 spiro atoms. The van der Waals surface area contributed by atoms with Crippen molar-refractivity contribution >= 4 is 23.2 Å². The fourth-order valence-corrected chi connectivity index (χ4v) is 2.87. The van der Waals surface area contributed by atoms with Crippen molar-refractivity contribution in [1.82, 2.24) is 4.90 Å². The van der Waals surface area contributed by atoms with Crippen LogP contribution in [0, 0.1) is 12.3 Å². The van der Waals surface area contributed by atoms with Crippen molar-refractivity contribution in [3.63, 3.8) is 0 Å². The van der Waals surface area contributed by atoms with E-state index in [-0.39, 0.29) is 18.6 Å². The molecule has 88 valence electrons. The molecule has 0 saturated heterocycles. The van der Waals surface area contributed by atoms with Gasteiger partial charge in [0.1, 0.15) is 11.9 Å². The third-order valence-electron chi connectivity index (χ3n) is 2.62. The molecule has 5 heteroatoms. The van der Waals surface area contributed by atoms with E-state index >= 15 is 0 Å². The Labute approximate surface area is 104 Å². The van der Waals surface area contributed by atoms with Gasteiger partial charge in [0.25, 0.3) is 0 Å². The second-order valence-corrected chi connectivity index (χ2v) is 4.91. The van der Waals surface area contributed by atoms with E-state index in [9.17, 15) is 4.79 Å². The summed E-state index contributed by atoms with van der Waals surface area (Å²) in [6.45, 7) is 2.32.